The van der Waals surface area contributed by atoms with E-state index in [4.69, 9.17) is 5.73 Å². The average molecular weight is 268 g/mol. The molecule has 1 aliphatic rings. The van der Waals surface area contributed by atoms with E-state index < -0.39 is 6.43 Å². The maximum absolute atomic E-state index is 12.8. The molecule has 2 rings (SSSR count). The molecule has 1 heterocycles. The lowest BCUT2D eigenvalue weighted by atomic mass is 9.98. The molecule has 0 saturated carbocycles. The number of hydrogen-bond acceptors (Lipinski definition) is 2. The van der Waals surface area contributed by atoms with Crippen LogP contribution in [0.4, 0.5) is 8.78 Å². The van der Waals surface area contributed by atoms with Gasteiger partial charge in [-0.1, -0.05) is 32.0 Å². The van der Waals surface area contributed by atoms with Crippen molar-refractivity contribution in [3.05, 3.63) is 35.4 Å². The first kappa shape index (κ1) is 14.4. The van der Waals surface area contributed by atoms with Crippen molar-refractivity contribution in [3.8, 4) is 0 Å². The van der Waals surface area contributed by atoms with E-state index in [9.17, 15) is 8.78 Å². The molecule has 106 valence electrons. The van der Waals surface area contributed by atoms with Gasteiger partial charge in [-0.15, -0.1) is 0 Å². The third kappa shape index (κ3) is 3.31. The third-order valence-electron chi connectivity index (χ3n) is 3.65. The Balaban J connectivity index is 2.24. The van der Waals surface area contributed by atoms with E-state index in [-0.39, 0.29) is 17.6 Å². The fraction of sp³-hybridized carbons (Fsp3) is 0.600. The van der Waals surface area contributed by atoms with Crippen molar-refractivity contribution in [2.24, 2.45) is 11.7 Å². The van der Waals surface area contributed by atoms with Crippen LogP contribution in [-0.2, 0) is 0 Å². The molecule has 2 N–H and O–H groups in total. The molecule has 0 bridgehead atoms. The van der Waals surface area contributed by atoms with Crippen molar-refractivity contribution in [1.29, 1.82) is 0 Å². The Morgan fingerprint density at radius 3 is 2.74 bits per heavy atom. The summed E-state index contributed by atoms with van der Waals surface area (Å²) < 4.78 is 25.6. The smallest absolute Gasteiger partial charge is 0.263 e. The van der Waals surface area contributed by atoms with Crippen LogP contribution >= 0.6 is 0 Å². The second-order valence-electron chi connectivity index (χ2n) is 5.76. The van der Waals surface area contributed by atoms with E-state index in [1.165, 1.54) is 6.07 Å². The van der Waals surface area contributed by atoms with Gasteiger partial charge in [0.05, 0.1) is 0 Å². The standard InChI is InChI=1S/C15H22F2N2/c1-10(2)9-19-7-6-13(18)14(19)11-4-3-5-12(8-11)15(16)17/h3-5,8,10,13-15H,6-7,9,18H2,1-2H3. The van der Waals surface area contributed by atoms with Gasteiger partial charge in [0.15, 0.2) is 0 Å². The first-order valence-corrected chi connectivity index (χ1v) is 6.86. The van der Waals surface area contributed by atoms with Crippen molar-refractivity contribution >= 4 is 0 Å². The van der Waals surface area contributed by atoms with Crippen LogP contribution in [0, 0.1) is 5.92 Å². The number of likely N-dealkylation sites (tertiary alicyclic amines) is 1. The second-order valence-corrected chi connectivity index (χ2v) is 5.76. The summed E-state index contributed by atoms with van der Waals surface area (Å²) in [5.41, 5.74) is 7.18. The zero-order chi connectivity index (χ0) is 14.0. The molecule has 0 radical (unpaired) electrons. The first-order chi connectivity index (χ1) is 8.99. The lowest BCUT2D eigenvalue weighted by Gasteiger charge is -2.28. The second kappa shape index (κ2) is 5.97. The molecule has 19 heavy (non-hydrogen) atoms. The SMILES string of the molecule is CC(C)CN1CCC(N)C1c1cccc(C(F)F)c1. The number of halogens is 2. The van der Waals surface area contributed by atoms with Crippen molar-refractivity contribution in [2.75, 3.05) is 13.1 Å². The highest BCUT2D eigenvalue weighted by atomic mass is 19.3. The summed E-state index contributed by atoms with van der Waals surface area (Å²) in [6, 6.07) is 6.80. The van der Waals surface area contributed by atoms with Crippen LogP contribution in [0.15, 0.2) is 24.3 Å². The Bertz CT molecular complexity index is 420. The van der Waals surface area contributed by atoms with Crippen molar-refractivity contribution in [2.45, 2.75) is 38.8 Å². The number of hydrogen-bond donors (Lipinski definition) is 1. The lowest BCUT2D eigenvalue weighted by Crippen LogP contribution is -2.34. The molecule has 1 fully saturated rings. The van der Waals surface area contributed by atoms with E-state index in [0.717, 1.165) is 25.1 Å². The summed E-state index contributed by atoms with van der Waals surface area (Å²) in [5, 5.41) is 0. The number of benzene rings is 1. The number of nitrogens with zero attached hydrogens (tertiary/aromatic N) is 1. The zero-order valence-corrected chi connectivity index (χ0v) is 11.5. The minimum Gasteiger partial charge on any atom is -0.326 e. The highest BCUT2D eigenvalue weighted by Gasteiger charge is 2.33. The zero-order valence-electron chi connectivity index (χ0n) is 11.5. The van der Waals surface area contributed by atoms with Gasteiger partial charge in [0, 0.05) is 30.7 Å². The Hall–Kier alpha value is -1.00. The number of alkyl halides is 2. The number of nitrogens with two attached hydrogens (primary N) is 1. The Morgan fingerprint density at radius 1 is 1.37 bits per heavy atom. The molecule has 1 aromatic rings. The van der Waals surface area contributed by atoms with Crippen molar-refractivity contribution in [3.63, 3.8) is 0 Å². The molecule has 2 atom stereocenters. The molecule has 0 aliphatic carbocycles. The largest absolute Gasteiger partial charge is 0.326 e. The molecule has 1 aliphatic heterocycles. The van der Waals surface area contributed by atoms with Crippen molar-refractivity contribution < 1.29 is 8.78 Å². The normalized spacial score (nSPS) is 24.6. The fourth-order valence-electron chi connectivity index (χ4n) is 2.89. The van der Waals surface area contributed by atoms with Gasteiger partial charge in [0.1, 0.15) is 0 Å². The molecular formula is C15H22F2N2. The van der Waals surface area contributed by atoms with Crippen LogP contribution in [0.3, 0.4) is 0 Å². The van der Waals surface area contributed by atoms with Gasteiger partial charge in [-0.2, -0.15) is 0 Å². The summed E-state index contributed by atoms with van der Waals surface area (Å²) in [6.07, 6.45) is -1.49. The van der Waals surface area contributed by atoms with Crippen LogP contribution in [0.25, 0.3) is 0 Å². The summed E-state index contributed by atoms with van der Waals surface area (Å²) in [5.74, 6) is 0.547. The Labute approximate surface area is 113 Å². The van der Waals surface area contributed by atoms with E-state index in [2.05, 4.69) is 18.7 Å². The first-order valence-electron chi connectivity index (χ1n) is 6.86. The van der Waals surface area contributed by atoms with Gasteiger partial charge >= 0.3 is 0 Å². The van der Waals surface area contributed by atoms with E-state index in [1.807, 2.05) is 6.07 Å². The molecular weight excluding hydrogens is 246 g/mol. The average Bonchev–Trinajstić information content (AvgIpc) is 2.69. The van der Waals surface area contributed by atoms with Crippen LogP contribution in [0.2, 0.25) is 0 Å². The minimum absolute atomic E-state index is 0.0340. The minimum atomic E-state index is -2.42. The highest BCUT2D eigenvalue weighted by Crippen LogP contribution is 2.33. The molecule has 2 nitrogen and oxygen atoms in total. The Kier molecular flexibility index (Phi) is 4.53. The summed E-state index contributed by atoms with van der Waals surface area (Å²) in [4.78, 5) is 2.32. The third-order valence-corrected chi connectivity index (χ3v) is 3.65. The van der Waals surface area contributed by atoms with Crippen LogP contribution in [0.1, 0.15) is 43.9 Å². The molecule has 0 spiro atoms. The molecule has 1 saturated heterocycles. The molecule has 0 amide bonds. The van der Waals surface area contributed by atoms with Gasteiger partial charge in [0.2, 0.25) is 0 Å². The van der Waals surface area contributed by atoms with Gasteiger partial charge in [-0.25, -0.2) is 8.78 Å². The highest BCUT2D eigenvalue weighted by molar-refractivity contribution is 5.28. The maximum atomic E-state index is 12.8. The van der Waals surface area contributed by atoms with Crippen molar-refractivity contribution in [1.82, 2.24) is 4.90 Å². The van der Waals surface area contributed by atoms with E-state index in [0.29, 0.717) is 5.92 Å². The maximum Gasteiger partial charge on any atom is 0.263 e. The van der Waals surface area contributed by atoms with E-state index in [1.54, 1.807) is 12.1 Å². The lowest BCUT2D eigenvalue weighted by molar-refractivity contribution is 0.151. The number of rotatable bonds is 4. The van der Waals surface area contributed by atoms with E-state index >= 15 is 0 Å². The van der Waals surface area contributed by atoms with Gasteiger partial charge in [-0.05, 0) is 24.0 Å². The van der Waals surface area contributed by atoms with Gasteiger partial charge in [-0.3, -0.25) is 4.90 Å². The predicted octanol–water partition coefficient (Wildman–Crippen LogP) is 3.35. The molecule has 0 aromatic heterocycles. The fourth-order valence-corrected chi connectivity index (χ4v) is 2.89. The topological polar surface area (TPSA) is 29.3 Å². The summed E-state index contributed by atoms with van der Waals surface area (Å²) in [7, 11) is 0. The van der Waals surface area contributed by atoms with Gasteiger partial charge in [0.25, 0.3) is 6.43 Å². The summed E-state index contributed by atoms with van der Waals surface area (Å²) >= 11 is 0. The quantitative estimate of drug-likeness (QED) is 0.907. The van der Waals surface area contributed by atoms with Crippen LogP contribution < -0.4 is 5.73 Å². The molecule has 2 unspecified atom stereocenters. The molecule has 1 aromatic carbocycles. The predicted molar refractivity (Wildman–Crippen MR) is 73.1 cm³/mol. The molecule has 4 heteroatoms. The van der Waals surface area contributed by atoms with Crippen LogP contribution in [0.5, 0.6) is 0 Å². The van der Waals surface area contributed by atoms with Crippen LogP contribution in [-0.4, -0.2) is 24.0 Å². The monoisotopic (exact) mass is 268 g/mol. The Morgan fingerprint density at radius 2 is 2.11 bits per heavy atom. The summed E-state index contributed by atoms with van der Waals surface area (Å²) in [6.45, 7) is 6.23. The van der Waals surface area contributed by atoms with Gasteiger partial charge < -0.3 is 5.73 Å².